The highest BCUT2D eigenvalue weighted by atomic mass is 16.5. The Bertz CT molecular complexity index is 680. The lowest BCUT2D eigenvalue weighted by atomic mass is 10.2. The molecular formula is C17H21N3O3. The molecule has 1 aromatic carbocycles. The summed E-state index contributed by atoms with van der Waals surface area (Å²) in [5, 5.41) is 2.66. The minimum absolute atomic E-state index is 0.338. The quantitative estimate of drug-likeness (QED) is 0.808. The number of aromatic nitrogens is 1. The zero-order chi connectivity index (χ0) is 16.8. The second-order valence-electron chi connectivity index (χ2n) is 5.24. The molecule has 0 bridgehead atoms. The summed E-state index contributed by atoms with van der Waals surface area (Å²) in [6.07, 6.45) is 0.341. The van der Waals surface area contributed by atoms with Gasteiger partial charge in [0.05, 0.1) is 0 Å². The van der Waals surface area contributed by atoms with Crippen molar-refractivity contribution in [3.05, 3.63) is 48.2 Å². The molecule has 2 rings (SSSR count). The zero-order valence-corrected chi connectivity index (χ0v) is 13.3. The molecule has 0 fully saturated rings. The number of ether oxygens (including phenoxy) is 1. The largest absolute Gasteiger partial charge is 0.385 e. The van der Waals surface area contributed by atoms with E-state index < -0.39 is 11.9 Å². The highest BCUT2D eigenvalue weighted by Crippen LogP contribution is 2.21. The fourth-order valence-electron chi connectivity index (χ4n) is 2.39. The van der Waals surface area contributed by atoms with Gasteiger partial charge in [0.25, 0.3) is 5.91 Å². The van der Waals surface area contributed by atoms with E-state index in [2.05, 4.69) is 5.32 Å². The Morgan fingerprint density at radius 3 is 2.52 bits per heavy atom. The van der Waals surface area contributed by atoms with Crippen LogP contribution in [0.1, 0.15) is 16.9 Å². The van der Waals surface area contributed by atoms with Crippen LogP contribution in [0.3, 0.4) is 0 Å². The van der Waals surface area contributed by atoms with Crippen molar-refractivity contribution in [2.45, 2.75) is 12.5 Å². The van der Waals surface area contributed by atoms with Gasteiger partial charge in [0.1, 0.15) is 11.7 Å². The molecule has 2 aromatic rings. The first-order valence-electron chi connectivity index (χ1n) is 7.35. The first kappa shape index (κ1) is 16.8. The number of nitrogens with zero attached hydrogens (tertiary/aromatic N) is 1. The summed E-state index contributed by atoms with van der Waals surface area (Å²) < 4.78 is 6.72. The number of nitrogens with two attached hydrogens (primary N) is 1. The third-order valence-corrected chi connectivity index (χ3v) is 3.68. The second kappa shape index (κ2) is 7.60. The summed E-state index contributed by atoms with van der Waals surface area (Å²) in [7, 11) is 3.34. The van der Waals surface area contributed by atoms with Crippen LogP contribution in [0.2, 0.25) is 0 Å². The van der Waals surface area contributed by atoms with E-state index >= 15 is 0 Å². The molecule has 0 spiro atoms. The molecule has 1 heterocycles. The first-order chi connectivity index (χ1) is 11.0. The highest BCUT2D eigenvalue weighted by Gasteiger charge is 2.21. The molecule has 1 atom stereocenters. The van der Waals surface area contributed by atoms with Gasteiger partial charge in [-0.05, 0) is 24.1 Å². The van der Waals surface area contributed by atoms with Gasteiger partial charge >= 0.3 is 0 Å². The van der Waals surface area contributed by atoms with E-state index in [1.54, 1.807) is 10.6 Å². The van der Waals surface area contributed by atoms with Gasteiger partial charge in [0.15, 0.2) is 0 Å². The Morgan fingerprint density at radius 1 is 1.22 bits per heavy atom. The number of amides is 2. The normalized spacial score (nSPS) is 11.9. The van der Waals surface area contributed by atoms with Crippen molar-refractivity contribution < 1.29 is 14.3 Å². The average molecular weight is 315 g/mol. The molecule has 6 nitrogen and oxygen atoms in total. The van der Waals surface area contributed by atoms with Crippen molar-refractivity contribution in [3.63, 3.8) is 0 Å². The molecular weight excluding hydrogens is 294 g/mol. The highest BCUT2D eigenvalue weighted by molar-refractivity contribution is 5.97. The Labute approximate surface area is 135 Å². The van der Waals surface area contributed by atoms with Gasteiger partial charge in [-0.25, -0.2) is 0 Å². The predicted octanol–water partition coefficient (Wildman–Crippen LogP) is 1.31. The van der Waals surface area contributed by atoms with Crippen LogP contribution >= 0.6 is 0 Å². The maximum atomic E-state index is 12.4. The van der Waals surface area contributed by atoms with E-state index in [1.165, 1.54) is 7.11 Å². The Kier molecular flexibility index (Phi) is 5.54. The molecule has 0 saturated carbocycles. The Balaban J connectivity index is 2.17. The van der Waals surface area contributed by atoms with Crippen LogP contribution in [0.5, 0.6) is 0 Å². The van der Waals surface area contributed by atoms with Crippen LogP contribution in [-0.4, -0.2) is 36.1 Å². The fraction of sp³-hybridized carbons (Fsp3) is 0.294. The Hall–Kier alpha value is -2.60. The van der Waals surface area contributed by atoms with Crippen molar-refractivity contribution >= 4 is 11.8 Å². The van der Waals surface area contributed by atoms with Gasteiger partial charge in [0, 0.05) is 26.5 Å². The van der Waals surface area contributed by atoms with Crippen molar-refractivity contribution in [1.29, 1.82) is 0 Å². The fourth-order valence-corrected chi connectivity index (χ4v) is 2.39. The number of hydrogen-bond acceptors (Lipinski definition) is 3. The van der Waals surface area contributed by atoms with Crippen molar-refractivity contribution in [1.82, 2.24) is 9.88 Å². The number of carbonyl (C=O) groups is 2. The topological polar surface area (TPSA) is 86.3 Å². The number of benzene rings is 1. The summed E-state index contributed by atoms with van der Waals surface area (Å²) in [4.78, 5) is 23.8. The maximum Gasteiger partial charge on any atom is 0.268 e. The van der Waals surface area contributed by atoms with Gasteiger partial charge in [-0.1, -0.05) is 30.3 Å². The molecule has 23 heavy (non-hydrogen) atoms. The number of carbonyl (C=O) groups excluding carboxylic acids is 2. The van der Waals surface area contributed by atoms with E-state index in [0.29, 0.717) is 18.7 Å². The molecule has 0 saturated heterocycles. The lowest BCUT2D eigenvalue weighted by Gasteiger charge is -2.15. The zero-order valence-electron chi connectivity index (χ0n) is 13.3. The number of primary amides is 1. The smallest absolute Gasteiger partial charge is 0.268 e. The van der Waals surface area contributed by atoms with Crippen LogP contribution in [0.4, 0.5) is 0 Å². The number of hydrogen-bond donors (Lipinski definition) is 2. The van der Waals surface area contributed by atoms with Crippen molar-refractivity contribution in [2.75, 3.05) is 13.7 Å². The molecule has 0 aliphatic heterocycles. The predicted molar refractivity (Wildman–Crippen MR) is 87.8 cm³/mol. The van der Waals surface area contributed by atoms with Gasteiger partial charge in [0.2, 0.25) is 5.91 Å². The third kappa shape index (κ3) is 3.98. The minimum atomic E-state index is -0.752. The summed E-state index contributed by atoms with van der Waals surface area (Å²) in [6.45, 7) is 0.344. The monoisotopic (exact) mass is 315 g/mol. The molecule has 3 N–H and O–H groups in total. The second-order valence-corrected chi connectivity index (χ2v) is 5.24. The lowest BCUT2D eigenvalue weighted by molar-refractivity contribution is -0.120. The van der Waals surface area contributed by atoms with E-state index in [1.807, 2.05) is 43.4 Å². The molecule has 0 unspecified atom stereocenters. The SMILES string of the molecule is COCC[C@H](NC(=O)c1ccc(-c2ccccc2)n1C)C(N)=O. The molecule has 2 amide bonds. The molecule has 122 valence electrons. The van der Waals surface area contributed by atoms with Gasteiger partial charge in [-0.3, -0.25) is 9.59 Å². The van der Waals surface area contributed by atoms with E-state index in [9.17, 15) is 9.59 Å². The molecule has 6 heteroatoms. The molecule has 0 aliphatic rings. The molecule has 0 radical (unpaired) electrons. The number of methoxy groups -OCH3 is 1. The summed E-state index contributed by atoms with van der Waals surface area (Å²) >= 11 is 0. The standard InChI is InChI=1S/C17H21N3O3/c1-20-14(12-6-4-3-5-7-12)8-9-15(20)17(22)19-13(16(18)21)10-11-23-2/h3-9,13H,10-11H2,1-2H3,(H2,18,21)(H,19,22)/t13-/m0/s1. The summed E-state index contributed by atoms with van der Waals surface area (Å²) in [5.41, 5.74) is 7.72. The van der Waals surface area contributed by atoms with Crippen LogP contribution in [-0.2, 0) is 16.6 Å². The molecule has 0 aliphatic carbocycles. The van der Waals surface area contributed by atoms with Crippen LogP contribution in [0.25, 0.3) is 11.3 Å². The van der Waals surface area contributed by atoms with Crippen molar-refractivity contribution in [3.8, 4) is 11.3 Å². The van der Waals surface area contributed by atoms with Crippen LogP contribution < -0.4 is 11.1 Å². The summed E-state index contributed by atoms with van der Waals surface area (Å²) in [6, 6.07) is 12.6. The van der Waals surface area contributed by atoms with Gasteiger partial charge < -0.3 is 20.4 Å². The minimum Gasteiger partial charge on any atom is -0.385 e. The average Bonchev–Trinajstić information content (AvgIpc) is 2.93. The number of nitrogens with one attached hydrogen (secondary N) is 1. The molecule has 1 aromatic heterocycles. The van der Waals surface area contributed by atoms with Crippen LogP contribution in [0.15, 0.2) is 42.5 Å². The first-order valence-corrected chi connectivity index (χ1v) is 7.35. The Morgan fingerprint density at radius 2 is 1.91 bits per heavy atom. The number of rotatable bonds is 7. The summed E-state index contributed by atoms with van der Waals surface area (Å²) in [5.74, 6) is -0.914. The third-order valence-electron chi connectivity index (χ3n) is 3.68. The van der Waals surface area contributed by atoms with Gasteiger partial charge in [-0.15, -0.1) is 0 Å². The van der Waals surface area contributed by atoms with Gasteiger partial charge in [-0.2, -0.15) is 0 Å². The lowest BCUT2D eigenvalue weighted by Crippen LogP contribution is -2.45. The van der Waals surface area contributed by atoms with E-state index in [-0.39, 0.29) is 5.91 Å². The van der Waals surface area contributed by atoms with Crippen LogP contribution in [0, 0.1) is 0 Å². The maximum absolute atomic E-state index is 12.4. The van der Waals surface area contributed by atoms with E-state index in [4.69, 9.17) is 10.5 Å². The van der Waals surface area contributed by atoms with E-state index in [0.717, 1.165) is 11.3 Å². The van der Waals surface area contributed by atoms with Crippen molar-refractivity contribution in [2.24, 2.45) is 12.8 Å².